The molecule has 1 aliphatic carbocycles. The van der Waals surface area contributed by atoms with Crippen molar-refractivity contribution in [2.45, 2.75) is 57.5 Å². The molecule has 7 nitrogen and oxygen atoms in total. The van der Waals surface area contributed by atoms with E-state index in [1.807, 2.05) is 31.4 Å². The monoisotopic (exact) mass is 459 g/mol. The number of hydrogen-bond donors (Lipinski definition) is 1. The molecule has 1 saturated heterocycles. The molecule has 0 bridgehead atoms. The van der Waals surface area contributed by atoms with Crippen LogP contribution in [0.4, 0.5) is 0 Å². The Labute approximate surface area is 201 Å². The van der Waals surface area contributed by atoms with E-state index in [2.05, 4.69) is 53.7 Å². The normalized spacial score (nSPS) is 23.1. The molecule has 3 heterocycles. The largest absolute Gasteiger partial charge is 0.424 e. The number of benzene rings is 1. The van der Waals surface area contributed by atoms with Crippen LogP contribution >= 0.6 is 0 Å². The highest BCUT2D eigenvalue weighted by molar-refractivity contribution is 5.52. The van der Waals surface area contributed by atoms with Gasteiger partial charge >= 0.3 is 0 Å². The number of nitrogens with zero attached hydrogens (tertiary/aromatic N) is 4. The summed E-state index contributed by atoms with van der Waals surface area (Å²) in [5.41, 5.74) is 9.51. The molecule has 178 valence electrons. The van der Waals surface area contributed by atoms with Crippen molar-refractivity contribution in [3.63, 3.8) is 0 Å². The Morgan fingerprint density at radius 2 is 1.91 bits per heavy atom. The van der Waals surface area contributed by atoms with Crippen LogP contribution in [0, 0.1) is 16.7 Å². The third-order valence-corrected chi connectivity index (χ3v) is 7.35. The van der Waals surface area contributed by atoms with E-state index in [0.717, 1.165) is 42.1 Å². The van der Waals surface area contributed by atoms with Crippen LogP contribution < -0.4 is 5.73 Å². The highest BCUT2D eigenvalue weighted by Crippen LogP contribution is 2.51. The van der Waals surface area contributed by atoms with E-state index < -0.39 is 0 Å². The van der Waals surface area contributed by atoms with Crippen molar-refractivity contribution in [2.75, 3.05) is 20.7 Å². The van der Waals surface area contributed by atoms with Crippen molar-refractivity contribution >= 4 is 0 Å². The number of nitriles is 1. The summed E-state index contributed by atoms with van der Waals surface area (Å²) in [6.45, 7) is 5.14. The summed E-state index contributed by atoms with van der Waals surface area (Å²) in [6, 6.07) is 10.8. The fraction of sp³-hybridized carbons (Fsp3) is 0.481. The minimum atomic E-state index is -0.355. The van der Waals surface area contributed by atoms with Gasteiger partial charge in [0.1, 0.15) is 17.5 Å². The lowest BCUT2D eigenvalue weighted by Gasteiger charge is -2.42. The number of allylic oxidation sites excluding steroid dienone is 1. The lowest BCUT2D eigenvalue weighted by Crippen LogP contribution is -2.39. The summed E-state index contributed by atoms with van der Waals surface area (Å²) in [7, 11) is 3.90. The second kappa shape index (κ2) is 8.52. The van der Waals surface area contributed by atoms with Gasteiger partial charge in [-0.25, -0.2) is 4.98 Å². The van der Waals surface area contributed by atoms with Crippen molar-refractivity contribution < 1.29 is 9.47 Å². The molecule has 2 N–H and O–H groups in total. The molecular weight excluding hydrogens is 426 g/mol. The van der Waals surface area contributed by atoms with Crippen molar-refractivity contribution in [3.05, 3.63) is 71.0 Å². The fourth-order valence-electron chi connectivity index (χ4n) is 5.38. The van der Waals surface area contributed by atoms with Gasteiger partial charge in [-0.2, -0.15) is 5.26 Å². The SMILES string of the molecule is CN(C)C1=C(C(C)(C)C2CCCO2)C(c2ccc(-n3ccnc3C3CC3)cc2)C(C#N)=C(N)O1. The zero-order valence-corrected chi connectivity index (χ0v) is 20.4. The Balaban J connectivity index is 1.60. The average molecular weight is 460 g/mol. The summed E-state index contributed by atoms with van der Waals surface area (Å²) in [5.74, 6) is 2.22. The Morgan fingerprint density at radius 1 is 1.18 bits per heavy atom. The van der Waals surface area contributed by atoms with Crippen LogP contribution in [-0.2, 0) is 9.47 Å². The van der Waals surface area contributed by atoms with Gasteiger partial charge in [0.25, 0.3) is 0 Å². The van der Waals surface area contributed by atoms with Crippen LogP contribution in [0.25, 0.3) is 5.69 Å². The zero-order valence-electron chi connectivity index (χ0n) is 20.4. The molecule has 1 saturated carbocycles. The molecule has 1 aromatic carbocycles. The third kappa shape index (κ3) is 3.76. The van der Waals surface area contributed by atoms with Crippen molar-refractivity contribution in [2.24, 2.45) is 11.1 Å². The molecule has 34 heavy (non-hydrogen) atoms. The number of aromatic nitrogens is 2. The molecule has 2 unspecified atom stereocenters. The Morgan fingerprint density at radius 3 is 2.50 bits per heavy atom. The molecule has 2 atom stereocenters. The zero-order chi connectivity index (χ0) is 24.0. The number of rotatable bonds is 6. The van der Waals surface area contributed by atoms with Gasteiger partial charge in [0.05, 0.1) is 12.0 Å². The lowest BCUT2D eigenvalue weighted by molar-refractivity contribution is 0.0283. The molecule has 1 aromatic heterocycles. The first-order valence-corrected chi connectivity index (χ1v) is 12.1. The van der Waals surface area contributed by atoms with Gasteiger partial charge in [0.2, 0.25) is 5.88 Å². The number of ether oxygens (including phenoxy) is 2. The predicted molar refractivity (Wildman–Crippen MR) is 130 cm³/mol. The van der Waals surface area contributed by atoms with Gasteiger partial charge in [0.15, 0.2) is 5.88 Å². The highest BCUT2D eigenvalue weighted by Gasteiger charge is 2.46. The maximum absolute atomic E-state index is 10.1. The summed E-state index contributed by atoms with van der Waals surface area (Å²) in [5, 5.41) is 10.1. The third-order valence-electron chi connectivity index (χ3n) is 7.35. The summed E-state index contributed by atoms with van der Waals surface area (Å²) >= 11 is 0. The molecule has 5 rings (SSSR count). The van der Waals surface area contributed by atoms with Crippen molar-refractivity contribution in [3.8, 4) is 11.8 Å². The van der Waals surface area contributed by atoms with Gasteiger partial charge in [0, 0.05) is 55.7 Å². The van der Waals surface area contributed by atoms with Gasteiger partial charge in [-0.15, -0.1) is 0 Å². The first kappa shape index (κ1) is 22.5. The van der Waals surface area contributed by atoms with Crippen LogP contribution in [0.1, 0.15) is 62.8 Å². The van der Waals surface area contributed by atoms with E-state index in [0.29, 0.717) is 17.4 Å². The predicted octanol–water partition coefficient (Wildman–Crippen LogP) is 4.54. The van der Waals surface area contributed by atoms with Crippen LogP contribution in [-0.4, -0.2) is 41.3 Å². The highest BCUT2D eigenvalue weighted by atomic mass is 16.5. The first-order chi connectivity index (χ1) is 16.3. The lowest BCUT2D eigenvalue weighted by atomic mass is 9.68. The maximum atomic E-state index is 10.1. The fourth-order valence-corrected chi connectivity index (χ4v) is 5.38. The summed E-state index contributed by atoms with van der Waals surface area (Å²) in [4.78, 5) is 6.52. The maximum Gasteiger partial charge on any atom is 0.207 e. The van der Waals surface area contributed by atoms with Crippen LogP contribution in [0.2, 0.25) is 0 Å². The van der Waals surface area contributed by atoms with E-state index in [4.69, 9.17) is 15.2 Å². The van der Waals surface area contributed by atoms with Gasteiger partial charge < -0.3 is 24.7 Å². The van der Waals surface area contributed by atoms with Crippen LogP contribution in [0.3, 0.4) is 0 Å². The van der Waals surface area contributed by atoms with E-state index in [1.54, 1.807) is 0 Å². The van der Waals surface area contributed by atoms with E-state index >= 15 is 0 Å². The molecule has 0 radical (unpaired) electrons. The quantitative estimate of drug-likeness (QED) is 0.682. The van der Waals surface area contributed by atoms with Crippen molar-refractivity contribution in [1.82, 2.24) is 14.5 Å². The summed E-state index contributed by atoms with van der Waals surface area (Å²) in [6.07, 6.45) is 8.36. The Kier molecular flexibility index (Phi) is 5.65. The number of imidazole rings is 1. The van der Waals surface area contributed by atoms with E-state index in [-0.39, 0.29) is 23.3 Å². The second-order valence-corrected chi connectivity index (χ2v) is 10.3. The van der Waals surface area contributed by atoms with E-state index in [9.17, 15) is 5.26 Å². The minimum absolute atomic E-state index is 0.0501. The molecule has 2 fully saturated rings. The molecule has 2 aromatic rings. The topological polar surface area (TPSA) is 89.3 Å². The minimum Gasteiger partial charge on any atom is -0.424 e. The smallest absolute Gasteiger partial charge is 0.207 e. The first-order valence-electron chi connectivity index (χ1n) is 12.1. The molecule has 7 heteroatoms. The molecule has 3 aliphatic rings. The molecule has 2 aliphatic heterocycles. The van der Waals surface area contributed by atoms with E-state index in [1.165, 1.54) is 12.8 Å². The van der Waals surface area contributed by atoms with Crippen LogP contribution in [0.15, 0.2) is 59.6 Å². The number of hydrogen-bond acceptors (Lipinski definition) is 6. The second-order valence-electron chi connectivity index (χ2n) is 10.3. The molecule has 0 spiro atoms. The summed E-state index contributed by atoms with van der Waals surface area (Å²) < 4.78 is 14.4. The molecule has 0 amide bonds. The Hall–Kier alpha value is -3.24. The van der Waals surface area contributed by atoms with Crippen molar-refractivity contribution in [1.29, 1.82) is 5.26 Å². The van der Waals surface area contributed by atoms with Gasteiger partial charge in [-0.1, -0.05) is 26.0 Å². The average Bonchev–Trinajstić information content (AvgIpc) is 3.29. The number of nitrogens with two attached hydrogens (primary N) is 1. The standard InChI is InChI=1S/C27H33N5O2/c1-27(2,21-6-5-15-33-21)23-22(20(16-28)24(29)34-26(23)31(3)4)17-9-11-19(12-10-17)32-14-13-30-25(32)18-7-8-18/h9-14,18,21-22H,5-8,15,29H2,1-4H3. The van der Waals surface area contributed by atoms with Crippen LogP contribution in [0.5, 0.6) is 0 Å². The van der Waals surface area contributed by atoms with Gasteiger partial charge in [-0.05, 0) is 43.4 Å². The Bertz CT molecular complexity index is 1170. The molecular formula is C27H33N5O2. The van der Waals surface area contributed by atoms with Gasteiger partial charge in [-0.3, -0.25) is 0 Å².